The van der Waals surface area contributed by atoms with Crippen molar-refractivity contribution in [1.29, 1.82) is 0 Å². The lowest BCUT2D eigenvalue weighted by Gasteiger charge is -2.10. The summed E-state index contributed by atoms with van der Waals surface area (Å²) in [6.45, 7) is 1.20. The summed E-state index contributed by atoms with van der Waals surface area (Å²) >= 11 is 0. The van der Waals surface area contributed by atoms with Gasteiger partial charge in [0, 0.05) is 0 Å². The van der Waals surface area contributed by atoms with Crippen LogP contribution in [0.5, 0.6) is 5.75 Å². The lowest BCUT2D eigenvalue weighted by atomic mass is 10.1. The van der Waals surface area contributed by atoms with Gasteiger partial charge in [-0.05, 0) is 18.6 Å². The predicted octanol–water partition coefficient (Wildman–Crippen LogP) is 2.86. The fourth-order valence-corrected chi connectivity index (χ4v) is 0.940. The molecule has 0 aliphatic heterocycles. The summed E-state index contributed by atoms with van der Waals surface area (Å²) in [7, 11) is 0. The first-order valence-electron chi connectivity index (χ1n) is 3.39. The molecule has 5 heteroatoms. The molecular weight excluding hydrogens is 188 g/mol. The van der Waals surface area contributed by atoms with Gasteiger partial charge in [0.05, 0.1) is 0 Å². The van der Waals surface area contributed by atoms with E-state index in [4.69, 9.17) is 5.11 Å². The number of alkyl halides is 3. The van der Waals surface area contributed by atoms with Crippen molar-refractivity contribution in [3.05, 3.63) is 29.1 Å². The summed E-state index contributed by atoms with van der Waals surface area (Å²) in [6.07, 6.45) is -4.86. The molecule has 0 saturated heterocycles. The Morgan fingerprint density at radius 1 is 1.23 bits per heavy atom. The smallest absolute Gasteiger partial charge is 0.422 e. The van der Waals surface area contributed by atoms with Crippen LogP contribution in [-0.2, 0) is 6.18 Å². The molecule has 1 aromatic rings. The van der Waals surface area contributed by atoms with E-state index in [0.29, 0.717) is 0 Å². The minimum Gasteiger partial charge on any atom is -0.507 e. The zero-order chi connectivity index (χ0) is 10.2. The molecule has 0 fully saturated rings. The summed E-state index contributed by atoms with van der Waals surface area (Å²) in [5, 5.41) is 8.79. The zero-order valence-electron chi connectivity index (χ0n) is 6.61. The molecule has 72 valence electrons. The number of benzene rings is 1. The standard InChI is InChI=1S/C8H6F4O/c1-4-2-3-5(13)6(7(4)9)8(10,11)12/h2-3,13H,1H3. The maximum atomic E-state index is 12.9. The second-order valence-electron chi connectivity index (χ2n) is 2.59. The molecule has 0 aliphatic carbocycles. The third kappa shape index (κ3) is 1.74. The van der Waals surface area contributed by atoms with E-state index in [1.54, 1.807) is 0 Å². The Hall–Kier alpha value is -1.26. The summed E-state index contributed by atoms with van der Waals surface area (Å²) in [5.41, 5.74) is -1.75. The first-order chi connectivity index (χ1) is 5.84. The maximum Gasteiger partial charge on any atom is 0.422 e. The number of hydrogen-bond acceptors (Lipinski definition) is 1. The number of halogens is 4. The van der Waals surface area contributed by atoms with E-state index in [1.165, 1.54) is 6.92 Å². The molecule has 1 nitrogen and oxygen atoms in total. The van der Waals surface area contributed by atoms with E-state index in [2.05, 4.69) is 0 Å². The quantitative estimate of drug-likeness (QED) is 0.629. The minimum atomic E-state index is -4.86. The van der Waals surface area contributed by atoms with E-state index in [-0.39, 0.29) is 5.56 Å². The molecule has 1 rings (SSSR count). The summed E-state index contributed by atoms with van der Waals surface area (Å²) in [5.74, 6) is -2.51. The average Bonchev–Trinajstić information content (AvgIpc) is 1.95. The van der Waals surface area contributed by atoms with Crippen molar-refractivity contribution in [3.63, 3.8) is 0 Å². The topological polar surface area (TPSA) is 20.2 Å². The van der Waals surface area contributed by atoms with Crippen LogP contribution in [0.2, 0.25) is 0 Å². The highest BCUT2D eigenvalue weighted by Gasteiger charge is 2.37. The third-order valence-electron chi connectivity index (χ3n) is 1.60. The molecule has 1 N–H and O–H groups in total. The van der Waals surface area contributed by atoms with Crippen LogP contribution >= 0.6 is 0 Å². The molecule has 0 saturated carbocycles. The summed E-state index contributed by atoms with van der Waals surface area (Å²) in [6, 6.07) is 1.90. The van der Waals surface area contributed by atoms with Crippen molar-refractivity contribution in [2.45, 2.75) is 13.1 Å². The van der Waals surface area contributed by atoms with Crippen molar-refractivity contribution in [3.8, 4) is 5.75 Å². The Balaban J connectivity index is 3.43. The second-order valence-corrected chi connectivity index (χ2v) is 2.59. The molecule has 0 unspecified atom stereocenters. The third-order valence-corrected chi connectivity index (χ3v) is 1.60. The fraction of sp³-hybridized carbons (Fsp3) is 0.250. The Labute approximate surface area is 71.6 Å². The number of phenols is 1. The van der Waals surface area contributed by atoms with Gasteiger partial charge in [-0.25, -0.2) is 4.39 Å². The van der Waals surface area contributed by atoms with Crippen LogP contribution in [0.4, 0.5) is 17.6 Å². The van der Waals surface area contributed by atoms with E-state index in [0.717, 1.165) is 12.1 Å². The number of phenolic OH excluding ortho intramolecular Hbond substituents is 1. The van der Waals surface area contributed by atoms with Crippen molar-refractivity contribution in [2.75, 3.05) is 0 Å². The number of aryl methyl sites for hydroxylation is 1. The maximum absolute atomic E-state index is 12.9. The molecule has 0 radical (unpaired) electrons. The highest BCUT2D eigenvalue weighted by molar-refractivity contribution is 5.39. The largest absolute Gasteiger partial charge is 0.507 e. The van der Waals surface area contributed by atoms with Crippen molar-refractivity contribution in [2.24, 2.45) is 0 Å². The van der Waals surface area contributed by atoms with Crippen LogP contribution in [0, 0.1) is 12.7 Å². The average molecular weight is 194 g/mol. The Bertz CT molecular complexity index is 330. The lowest BCUT2D eigenvalue weighted by Crippen LogP contribution is -2.09. The van der Waals surface area contributed by atoms with Crippen molar-refractivity contribution >= 4 is 0 Å². The van der Waals surface area contributed by atoms with Crippen molar-refractivity contribution < 1.29 is 22.7 Å². The van der Waals surface area contributed by atoms with E-state index >= 15 is 0 Å². The van der Waals surface area contributed by atoms with Gasteiger partial charge in [-0.2, -0.15) is 13.2 Å². The predicted molar refractivity (Wildman–Crippen MR) is 37.8 cm³/mol. The second kappa shape index (κ2) is 2.90. The molecular formula is C8H6F4O. The van der Waals surface area contributed by atoms with Crippen LogP contribution in [0.3, 0.4) is 0 Å². The van der Waals surface area contributed by atoms with Crippen LogP contribution in [0.1, 0.15) is 11.1 Å². The van der Waals surface area contributed by atoms with Gasteiger partial charge in [0.2, 0.25) is 0 Å². The van der Waals surface area contributed by atoms with Gasteiger partial charge in [0.25, 0.3) is 0 Å². The highest BCUT2D eigenvalue weighted by Crippen LogP contribution is 2.38. The molecule has 0 amide bonds. The van der Waals surface area contributed by atoms with Gasteiger partial charge in [0.15, 0.2) is 0 Å². The molecule has 0 atom stereocenters. The van der Waals surface area contributed by atoms with Crippen molar-refractivity contribution in [1.82, 2.24) is 0 Å². The van der Waals surface area contributed by atoms with Crippen LogP contribution in [-0.4, -0.2) is 5.11 Å². The van der Waals surface area contributed by atoms with Crippen LogP contribution < -0.4 is 0 Å². The first kappa shape index (κ1) is 9.83. The van der Waals surface area contributed by atoms with Crippen LogP contribution in [0.15, 0.2) is 12.1 Å². The van der Waals surface area contributed by atoms with E-state index < -0.39 is 23.3 Å². The lowest BCUT2D eigenvalue weighted by molar-refractivity contribution is -0.141. The van der Waals surface area contributed by atoms with Gasteiger partial charge >= 0.3 is 6.18 Å². The first-order valence-corrected chi connectivity index (χ1v) is 3.39. The van der Waals surface area contributed by atoms with Crippen LogP contribution in [0.25, 0.3) is 0 Å². The minimum absolute atomic E-state index is 0.148. The molecule has 0 heterocycles. The number of aromatic hydroxyl groups is 1. The summed E-state index contributed by atoms with van der Waals surface area (Å²) < 4.78 is 49.1. The molecule has 13 heavy (non-hydrogen) atoms. The van der Waals surface area contributed by atoms with E-state index in [1.807, 2.05) is 0 Å². The van der Waals surface area contributed by atoms with Gasteiger partial charge < -0.3 is 5.11 Å². The normalized spacial score (nSPS) is 11.8. The Morgan fingerprint density at radius 2 is 1.77 bits per heavy atom. The summed E-state index contributed by atoms with van der Waals surface area (Å²) in [4.78, 5) is 0. The molecule has 0 bridgehead atoms. The van der Waals surface area contributed by atoms with E-state index in [9.17, 15) is 17.6 Å². The number of rotatable bonds is 0. The number of hydrogen-bond donors (Lipinski definition) is 1. The Kier molecular flexibility index (Phi) is 2.19. The van der Waals surface area contributed by atoms with Gasteiger partial charge in [-0.15, -0.1) is 0 Å². The zero-order valence-corrected chi connectivity index (χ0v) is 6.61. The van der Waals surface area contributed by atoms with Gasteiger partial charge in [-0.1, -0.05) is 6.07 Å². The SMILES string of the molecule is Cc1ccc(O)c(C(F)(F)F)c1F. The van der Waals surface area contributed by atoms with Gasteiger partial charge in [0.1, 0.15) is 17.1 Å². The monoisotopic (exact) mass is 194 g/mol. The van der Waals surface area contributed by atoms with Gasteiger partial charge in [-0.3, -0.25) is 0 Å². The highest BCUT2D eigenvalue weighted by atomic mass is 19.4. The molecule has 1 aromatic carbocycles. The molecule has 0 spiro atoms. The molecule has 0 aromatic heterocycles. The molecule has 0 aliphatic rings. The Morgan fingerprint density at radius 3 is 2.15 bits per heavy atom. The fourth-order valence-electron chi connectivity index (χ4n) is 0.940.